The molecule has 1 amide bonds. The molecule has 1 unspecified atom stereocenters. The number of amides is 1. The number of allylic oxidation sites excluding steroid dienone is 1. The summed E-state index contributed by atoms with van der Waals surface area (Å²) in [4.78, 5) is 27.6. The van der Waals surface area contributed by atoms with E-state index in [2.05, 4.69) is 10.6 Å². The average molecular weight is 482 g/mol. The number of nitrogens with one attached hydrogen (secondary N) is 2. The van der Waals surface area contributed by atoms with Gasteiger partial charge in [-0.05, 0) is 61.0 Å². The Hall–Kier alpha value is -3.59. The van der Waals surface area contributed by atoms with Crippen LogP contribution in [-0.2, 0) is 9.53 Å². The van der Waals surface area contributed by atoms with Crippen molar-refractivity contribution in [3.8, 4) is 11.5 Å². The zero-order chi connectivity index (χ0) is 24.4. The van der Waals surface area contributed by atoms with E-state index in [1.807, 2.05) is 39.0 Å². The second-order valence-corrected chi connectivity index (χ2v) is 8.97. The van der Waals surface area contributed by atoms with Crippen LogP contribution in [0.15, 0.2) is 53.7 Å². The van der Waals surface area contributed by atoms with Gasteiger partial charge in [-0.1, -0.05) is 26.0 Å². The van der Waals surface area contributed by atoms with Gasteiger partial charge >= 0.3 is 5.97 Å². The van der Waals surface area contributed by atoms with Crippen molar-refractivity contribution in [1.29, 1.82) is 0 Å². The van der Waals surface area contributed by atoms with Gasteiger partial charge in [0, 0.05) is 24.0 Å². The van der Waals surface area contributed by atoms with Crippen molar-refractivity contribution in [3.63, 3.8) is 0 Å². The lowest BCUT2D eigenvalue weighted by Crippen LogP contribution is -2.46. The van der Waals surface area contributed by atoms with Crippen LogP contribution in [0, 0.1) is 5.92 Å². The Kier molecular flexibility index (Phi) is 6.74. The number of carbonyl (C=O) groups excluding carboxylic acids is 2. The van der Waals surface area contributed by atoms with Crippen LogP contribution < -0.4 is 20.1 Å². The van der Waals surface area contributed by atoms with Gasteiger partial charge in [0.25, 0.3) is 5.91 Å². The number of nitrogens with zero attached hydrogens (tertiary/aromatic N) is 1. The Morgan fingerprint density at radius 2 is 1.97 bits per heavy atom. The number of anilines is 1. The molecule has 0 saturated heterocycles. The molecule has 2 heterocycles. The highest BCUT2D eigenvalue weighted by molar-refractivity contribution is 7.80. The van der Waals surface area contributed by atoms with Crippen LogP contribution in [-0.4, -0.2) is 42.3 Å². The van der Waals surface area contributed by atoms with Crippen LogP contribution in [0.1, 0.15) is 42.7 Å². The van der Waals surface area contributed by atoms with E-state index in [0.717, 1.165) is 11.3 Å². The molecule has 8 nitrogen and oxygen atoms in total. The van der Waals surface area contributed by atoms with Crippen molar-refractivity contribution in [2.45, 2.75) is 26.8 Å². The third-order valence-corrected chi connectivity index (χ3v) is 6.03. The van der Waals surface area contributed by atoms with Crippen LogP contribution >= 0.6 is 12.2 Å². The van der Waals surface area contributed by atoms with Crippen LogP contribution in [0.4, 0.5) is 5.69 Å². The number of ether oxygens (including phenoxy) is 3. The van der Waals surface area contributed by atoms with Crippen molar-refractivity contribution in [1.82, 2.24) is 10.2 Å². The molecule has 0 fully saturated rings. The van der Waals surface area contributed by atoms with Crippen LogP contribution in [0.3, 0.4) is 0 Å². The molecule has 2 aromatic rings. The van der Waals surface area contributed by atoms with Gasteiger partial charge in [0.05, 0.1) is 18.2 Å². The van der Waals surface area contributed by atoms with Crippen molar-refractivity contribution >= 4 is 34.9 Å². The van der Waals surface area contributed by atoms with E-state index < -0.39 is 12.0 Å². The fraction of sp³-hybridized carbons (Fsp3) is 0.320. The number of carbonyl (C=O) groups is 2. The Balaban J connectivity index is 1.59. The molecule has 0 radical (unpaired) electrons. The number of esters is 1. The summed E-state index contributed by atoms with van der Waals surface area (Å²) in [6.07, 6.45) is 0. The van der Waals surface area contributed by atoms with Gasteiger partial charge in [0.1, 0.15) is 0 Å². The second kappa shape index (κ2) is 9.72. The van der Waals surface area contributed by atoms with Gasteiger partial charge in [-0.15, -0.1) is 0 Å². The van der Waals surface area contributed by atoms with Gasteiger partial charge in [-0.3, -0.25) is 4.79 Å². The highest BCUT2D eigenvalue weighted by Crippen LogP contribution is 2.34. The second-order valence-electron chi connectivity index (χ2n) is 8.58. The van der Waals surface area contributed by atoms with Crippen LogP contribution in [0.25, 0.3) is 0 Å². The van der Waals surface area contributed by atoms with E-state index in [4.69, 9.17) is 26.4 Å². The molecule has 2 aliphatic rings. The molecule has 0 saturated carbocycles. The zero-order valence-electron chi connectivity index (χ0n) is 19.5. The number of hydrogen-bond donors (Lipinski definition) is 2. The molecule has 4 rings (SSSR count). The first-order chi connectivity index (χ1) is 16.2. The molecule has 178 valence electrons. The summed E-state index contributed by atoms with van der Waals surface area (Å²) in [5.41, 5.74) is 3.00. The summed E-state index contributed by atoms with van der Waals surface area (Å²) in [5.74, 6) is 0.685. The molecule has 0 aromatic heterocycles. The molecule has 0 spiro atoms. The Morgan fingerprint density at radius 1 is 1.21 bits per heavy atom. The van der Waals surface area contributed by atoms with E-state index in [0.29, 0.717) is 40.0 Å². The predicted octanol–water partition coefficient (Wildman–Crippen LogP) is 4.00. The number of hydrogen-bond acceptors (Lipinski definition) is 6. The summed E-state index contributed by atoms with van der Waals surface area (Å²) < 4.78 is 16.2. The third kappa shape index (κ3) is 4.84. The minimum Gasteiger partial charge on any atom is -0.462 e. The molecule has 0 bridgehead atoms. The SMILES string of the molecule is CC1=C(C(=O)OCC(C)C)C(c2cccc(NC(=O)c3ccc4c(c3)OCO4)c2)NC(=S)N1C. The monoisotopic (exact) mass is 481 g/mol. The van der Waals surface area contributed by atoms with Crippen LogP contribution in [0.5, 0.6) is 11.5 Å². The predicted molar refractivity (Wildman–Crippen MR) is 132 cm³/mol. The molecule has 0 aliphatic carbocycles. The molecule has 2 aromatic carbocycles. The van der Waals surface area contributed by atoms with Gasteiger partial charge in [-0.2, -0.15) is 0 Å². The first-order valence-corrected chi connectivity index (χ1v) is 11.4. The van der Waals surface area contributed by atoms with E-state index in [1.165, 1.54) is 0 Å². The summed E-state index contributed by atoms with van der Waals surface area (Å²) in [5, 5.41) is 6.63. The van der Waals surface area contributed by atoms with Gasteiger partial charge in [0.2, 0.25) is 6.79 Å². The van der Waals surface area contributed by atoms with E-state index in [9.17, 15) is 9.59 Å². The van der Waals surface area contributed by atoms with Gasteiger partial charge < -0.3 is 29.7 Å². The smallest absolute Gasteiger partial charge is 0.338 e. The van der Waals surface area contributed by atoms with E-state index in [-0.39, 0.29) is 18.6 Å². The fourth-order valence-corrected chi connectivity index (χ4v) is 3.96. The third-order valence-electron chi connectivity index (χ3n) is 5.63. The van der Waals surface area contributed by atoms with E-state index in [1.54, 1.807) is 36.2 Å². The standard InChI is InChI=1S/C25H27N3O5S/c1-14(2)12-31-24(30)21-15(3)28(4)25(34)27-22(21)16-6-5-7-18(10-16)26-23(29)17-8-9-19-20(11-17)33-13-32-19/h5-11,14,22H,12-13H2,1-4H3,(H,26,29)(H,27,34). The first-order valence-electron chi connectivity index (χ1n) is 11.0. The average Bonchev–Trinajstić information content (AvgIpc) is 3.29. The Labute approximate surface area is 203 Å². The molecular weight excluding hydrogens is 454 g/mol. The maximum Gasteiger partial charge on any atom is 0.338 e. The summed E-state index contributed by atoms with van der Waals surface area (Å²) in [7, 11) is 1.80. The quantitative estimate of drug-likeness (QED) is 0.473. The zero-order valence-corrected chi connectivity index (χ0v) is 20.3. The first kappa shape index (κ1) is 23.6. The normalized spacial score (nSPS) is 17.0. The van der Waals surface area contributed by atoms with Gasteiger partial charge in [0.15, 0.2) is 16.6 Å². The minimum absolute atomic E-state index is 0.142. The maximum absolute atomic E-state index is 13.0. The van der Waals surface area contributed by atoms with Crippen LogP contribution in [0.2, 0.25) is 0 Å². The van der Waals surface area contributed by atoms with Crippen molar-refractivity contribution in [2.24, 2.45) is 5.92 Å². The molecule has 2 N–H and O–H groups in total. The lowest BCUT2D eigenvalue weighted by atomic mass is 9.94. The van der Waals surface area contributed by atoms with Gasteiger partial charge in [-0.25, -0.2) is 4.79 Å². The van der Waals surface area contributed by atoms with E-state index >= 15 is 0 Å². The molecule has 1 atom stereocenters. The van der Waals surface area contributed by atoms with Crippen molar-refractivity contribution in [3.05, 3.63) is 64.9 Å². The Bertz CT molecular complexity index is 1180. The fourth-order valence-electron chi connectivity index (χ4n) is 3.71. The topological polar surface area (TPSA) is 89.1 Å². The molecule has 9 heteroatoms. The molecule has 2 aliphatic heterocycles. The summed E-state index contributed by atoms with van der Waals surface area (Å²) in [6.45, 7) is 6.28. The molecular formula is C25H27N3O5S. The lowest BCUT2D eigenvalue weighted by Gasteiger charge is -2.35. The van der Waals surface area contributed by atoms with Crippen molar-refractivity contribution in [2.75, 3.05) is 25.8 Å². The highest BCUT2D eigenvalue weighted by Gasteiger charge is 2.33. The number of rotatable bonds is 6. The maximum atomic E-state index is 13.0. The summed E-state index contributed by atoms with van der Waals surface area (Å²) in [6, 6.07) is 11.8. The number of fused-ring (bicyclic) bond motifs is 1. The molecule has 34 heavy (non-hydrogen) atoms. The van der Waals surface area contributed by atoms with Crippen molar-refractivity contribution < 1.29 is 23.8 Å². The largest absolute Gasteiger partial charge is 0.462 e. The lowest BCUT2D eigenvalue weighted by molar-refractivity contribution is -0.140. The highest BCUT2D eigenvalue weighted by atomic mass is 32.1. The Morgan fingerprint density at radius 3 is 2.74 bits per heavy atom. The minimum atomic E-state index is -0.509. The summed E-state index contributed by atoms with van der Waals surface area (Å²) >= 11 is 5.47. The number of thiocarbonyl (C=S) groups is 1. The number of benzene rings is 2.